The van der Waals surface area contributed by atoms with Gasteiger partial charge in [0.1, 0.15) is 6.04 Å². The van der Waals surface area contributed by atoms with E-state index in [1.807, 2.05) is 37.4 Å². The number of benzene rings is 1. The highest BCUT2D eigenvalue weighted by molar-refractivity contribution is 5.97. The van der Waals surface area contributed by atoms with Gasteiger partial charge in [-0.25, -0.2) is 4.79 Å². The molecule has 0 saturated carbocycles. The van der Waals surface area contributed by atoms with Gasteiger partial charge in [0, 0.05) is 5.69 Å². The second kappa shape index (κ2) is 5.34. The number of carbonyl (C=O) groups excluding carboxylic acids is 2. The lowest BCUT2D eigenvalue weighted by molar-refractivity contribution is -0.120. The normalized spacial score (nSPS) is 11.7. The van der Waals surface area contributed by atoms with E-state index in [2.05, 4.69) is 5.32 Å². The number of amides is 3. The Labute approximate surface area is 100 Å². The number of carbonyl (C=O) groups is 2. The van der Waals surface area contributed by atoms with Crippen molar-refractivity contribution in [3.63, 3.8) is 0 Å². The number of hydrogen-bond acceptors (Lipinski definition) is 3. The van der Waals surface area contributed by atoms with Gasteiger partial charge in [-0.2, -0.15) is 0 Å². The van der Waals surface area contributed by atoms with Crippen molar-refractivity contribution in [1.82, 2.24) is 5.32 Å². The Morgan fingerprint density at radius 2 is 1.94 bits per heavy atom. The topological polar surface area (TPSA) is 84.2 Å². The van der Waals surface area contributed by atoms with Crippen molar-refractivity contribution in [3.8, 4) is 0 Å². The maximum atomic E-state index is 11.5. The zero-order chi connectivity index (χ0) is 13.0. The first-order chi connectivity index (χ1) is 7.90. The highest BCUT2D eigenvalue weighted by atomic mass is 16.2. The standard InChI is InChI=1S/C12H17N3O2/c1-7-4-5-8(2)10(6-7)14-9(3)11(16)15-12(13)17/h4-6,9,14H,1-3H3,(H3,13,15,16,17). The third-order valence-electron chi connectivity index (χ3n) is 2.40. The van der Waals surface area contributed by atoms with Crippen molar-refractivity contribution in [2.24, 2.45) is 5.73 Å². The van der Waals surface area contributed by atoms with Crippen LogP contribution in [0.2, 0.25) is 0 Å². The Kier molecular flexibility index (Phi) is 4.09. The molecule has 3 amide bonds. The third kappa shape index (κ3) is 3.79. The molecular weight excluding hydrogens is 218 g/mol. The third-order valence-corrected chi connectivity index (χ3v) is 2.40. The van der Waals surface area contributed by atoms with Crippen LogP contribution in [0.4, 0.5) is 10.5 Å². The molecule has 0 saturated heterocycles. The molecule has 0 aromatic heterocycles. The van der Waals surface area contributed by atoms with Crippen LogP contribution >= 0.6 is 0 Å². The van der Waals surface area contributed by atoms with Crippen molar-refractivity contribution < 1.29 is 9.59 Å². The Balaban J connectivity index is 2.73. The van der Waals surface area contributed by atoms with Gasteiger partial charge >= 0.3 is 6.03 Å². The SMILES string of the molecule is Cc1ccc(C)c(NC(C)C(=O)NC(N)=O)c1. The summed E-state index contributed by atoms with van der Waals surface area (Å²) < 4.78 is 0. The van der Waals surface area contributed by atoms with Gasteiger partial charge in [-0.15, -0.1) is 0 Å². The minimum atomic E-state index is -0.843. The number of anilines is 1. The lowest BCUT2D eigenvalue weighted by Crippen LogP contribution is -2.43. The van der Waals surface area contributed by atoms with Crippen molar-refractivity contribution in [2.45, 2.75) is 26.8 Å². The molecule has 0 fully saturated rings. The van der Waals surface area contributed by atoms with Crippen molar-refractivity contribution >= 4 is 17.6 Å². The van der Waals surface area contributed by atoms with Gasteiger partial charge < -0.3 is 11.1 Å². The molecule has 1 aromatic rings. The molecule has 92 valence electrons. The Morgan fingerprint density at radius 1 is 1.29 bits per heavy atom. The summed E-state index contributed by atoms with van der Waals surface area (Å²) in [4.78, 5) is 22.0. The molecule has 1 unspecified atom stereocenters. The summed E-state index contributed by atoms with van der Waals surface area (Å²) in [6, 6.07) is 4.54. The van der Waals surface area contributed by atoms with E-state index in [4.69, 9.17) is 5.73 Å². The second-order valence-corrected chi connectivity index (χ2v) is 4.04. The highest BCUT2D eigenvalue weighted by Gasteiger charge is 2.14. The first kappa shape index (κ1) is 13.0. The first-order valence-corrected chi connectivity index (χ1v) is 5.34. The van der Waals surface area contributed by atoms with E-state index in [1.54, 1.807) is 6.92 Å². The summed E-state index contributed by atoms with van der Waals surface area (Å²) in [6.07, 6.45) is 0. The quantitative estimate of drug-likeness (QED) is 0.738. The van der Waals surface area contributed by atoms with E-state index in [0.29, 0.717) is 0 Å². The van der Waals surface area contributed by atoms with Crippen LogP contribution in [0.5, 0.6) is 0 Å². The summed E-state index contributed by atoms with van der Waals surface area (Å²) >= 11 is 0. The molecule has 5 nitrogen and oxygen atoms in total. The predicted octanol–water partition coefficient (Wildman–Crippen LogP) is 1.30. The summed E-state index contributed by atoms with van der Waals surface area (Å²) in [6.45, 7) is 5.58. The van der Waals surface area contributed by atoms with Crippen LogP contribution in [0.1, 0.15) is 18.1 Å². The van der Waals surface area contributed by atoms with Gasteiger partial charge in [0.2, 0.25) is 5.91 Å². The summed E-state index contributed by atoms with van der Waals surface area (Å²) in [5, 5.41) is 5.07. The van der Waals surface area contributed by atoms with Gasteiger partial charge in [0.15, 0.2) is 0 Å². The van der Waals surface area contributed by atoms with Gasteiger partial charge in [-0.3, -0.25) is 10.1 Å². The van der Waals surface area contributed by atoms with Crippen LogP contribution in [0.25, 0.3) is 0 Å². The lowest BCUT2D eigenvalue weighted by Gasteiger charge is -2.16. The van der Waals surface area contributed by atoms with Crippen molar-refractivity contribution in [1.29, 1.82) is 0 Å². The summed E-state index contributed by atoms with van der Waals surface area (Å²) in [5.74, 6) is -0.446. The van der Waals surface area contributed by atoms with E-state index < -0.39 is 18.0 Å². The van der Waals surface area contributed by atoms with E-state index in [9.17, 15) is 9.59 Å². The molecule has 1 aromatic carbocycles. The molecule has 1 atom stereocenters. The number of aryl methyl sites for hydroxylation is 2. The maximum Gasteiger partial charge on any atom is 0.318 e. The van der Waals surface area contributed by atoms with Crippen molar-refractivity contribution in [2.75, 3.05) is 5.32 Å². The number of hydrogen-bond donors (Lipinski definition) is 3. The summed E-state index contributed by atoms with van der Waals surface area (Å²) in [5.41, 5.74) is 7.89. The largest absolute Gasteiger partial charge is 0.374 e. The predicted molar refractivity (Wildman–Crippen MR) is 66.7 cm³/mol. The van der Waals surface area contributed by atoms with Gasteiger partial charge in [-0.1, -0.05) is 12.1 Å². The zero-order valence-electron chi connectivity index (χ0n) is 10.2. The Bertz CT molecular complexity index is 443. The number of nitrogens with one attached hydrogen (secondary N) is 2. The zero-order valence-corrected chi connectivity index (χ0v) is 10.2. The second-order valence-electron chi connectivity index (χ2n) is 4.04. The van der Waals surface area contributed by atoms with Crippen LogP contribution in [-0.2, 0) is 4.79 Å². The van der Waals surface area contributed by atoms with Gasteiger partial charge in [-0.05, 0) is 38.0 Å². The fraction of sp³-hybridized carbons (Fsp3) is 0.333. The fourth-order valence-corrected chi connectivity index (χ4v) is 1.42. The molecule has 0 spiro atoms. The van der Waals surface area contributed by atoms with Crippen molar-refractivity contribution in [3.05, 3.63) is 29.3 Å². The Hall–Kier alpha value is -2.04. The van der Waals surface area contributed by atoms with Crippen LogP contribution in [0.15, 0.2) is 18.2 Å². The van der Waals surface area contributed by atoms with E-state index in [0.717, 1.165) is 16.8 Å². The highest BCUT2D eigenvalue weighted by Crippen LogP contribution is 2.17. The van der Waals surface area contributed by atoms with E-state index in [1.165, 1.54) is 0 Å². The minimum Gasteiger partial charge on any atom is -0.374 e. The molecule has 0 aliphatic rings. The van der Waals surface area contributed by atoms with E-state index >= 15 is 0 Å². The van der Waals surface area contributed by atoms with Gasteiger partial charge in [0.25, 0.3) is 0 Å². The molecule has 0 bridgehead atoms. The molecule has 0 radical (unpaired) electrons. The molecule has 0 heterocycles. The molecular formula is C12H17N3O2. The maximum absolute atomic E-state index is 11.5. The molecule has 4 N–H and O–H groups in total. The number of imide groups is 1. The van der Waals surface area contributed by atoms with Crippen LogP contribution in [0, 0.1) is 13.8 Å². The number of urea groups is 1. The number of nitrogens with two attached hydrogens (primary N) is 1. The minimum absolute atomic E-state index is 0.446. The average Bonchev–Trinajstić information content (AvgIpc) is 2.22. The molecule has 5 heteroatoms. The molecule has 0 aliphatic heterocycles. The van der Waals surface area contributed by atoms with E-state index in [-0.39, 0.29) is 0 Å². The summed E-state index contributed by atoms with van der Waals surface area (Å²) in [7, 11) is 0. The number of primary amides is 1. The Morgan fingerprint density at radius 3 is 2.53 bits per heavy atom. The lowest BCUT2D eigenvalue weighted by atomic mass is 10.1. The van der Waals surface area contributed by atoms with Crippen LogP contribution < -0.4 is 16.4 Å². The van der Waals surface area contributed by atoms with Gasteiger partial charge in [0.05, 0.1) is 0 Å². The smallest absolute Gasteiger partial charge is 0.318 e. The average molecular weight is 235 g/mol. The monoisotopic (exact) mass is 235 g/mol. The fourth-order valence-electron chi connectivity index (χ4n) is 1.42. The molecule has 17 heavy (non-hydrogen) atoms. The molecule has 0 aliphatic carbocycles. The van der Waals surface area contributed by atoms with Crippen LogP contribution in [0.3, 0.4) is 0 Å². The number of rotatable bonds is 3. The molecule has 1 rings (SSSR count). The first-order valence-electron chi connectivity index (χ1n) is 5.34. The van der Waals surface area contributed by atoms with Crippen LogP contribution in [-0.4, -0.2) is 18.0 Å².